The van der Waals surface area contributed by atoms with E-state index in [1.165, 1.54) is 29.5 Å². The summed E-state index contributed by atoms with van der Waals surface area (Å²) in [5, 5.41) is 0.131. The molecule has 1 aliphatic rings. The first-order chi connectivity index (χ1) is 9.19. The van der Waals surface area contributed by atoms with Crippen molar-refractivity contribution in [3.63, 3.8) is 0 Å². The second-order valence-electron chi connectivity index (χ2n) is 7.86. The van der Waals surface area contributed by atoms with Crippen LogP contribution in [0.5, 0.6) is 0 Å². The molecule has 2 atom stereocenters. The van der Waals surface area contributed by atoms with Gasteiger partial charge in [0.15, 0.2) is 0 Å². The summed E-state index contributed by atoms with van der Waals surface area (Å²) in [6, 6.07) is 6.98. The van der Waals surface area contributed by atoms with Crippen LogP contribution in [-0.4, -0.2) is 0 Å². The van der Waals surface area contributed by atoms with Crippen LogP contribution in [0.2, 0.25) is 0 Å². The van der Waals surface area contributed by atoms with Gasteiger partial charge in [0.1, 0.15) is 0 Å². The highest BCUT2D eigenvalue weighted by Gasteiger charge is 2.37. The van der Waals surface area contributed by atoms with Crippen LogP contribution in [0.25, 0.3) is 0 Å². The predicted octanol–water partition coefficient (Wildman–Crippen LogP) is 6.36. The van der Waals surface area contributed by atoms with E-state index in [4.69, 9.17) is 11.6 Å². The zero-order valence-electron chi connectivity index (χ0n) is 13.9. The summed E-state index contributed by atoms with van der Waals surface area (Å²) < 4.78 is 0. The molecule has 0 N–H and O–H groups in total. The van der Waals surface area contributed by atoms with Crippen molar-refractivity contribution < 1.29 is 0 Å². The van der Waals surface area contributed by atoms with Crippen LogP contribution in [0.4, 0.5) is 0 Å². The Kier molecular flexibility index (Phi) is 4.27. The van der Waals surface area contributed by atoms with Crippen molar-refractivity contribution in [2.75, 3.05) is 0 Å². The number of fused-ring (bicyclic) bond motifs is 1. The van der Waals surface area contributed by atoms with Gasteiger partial charge in [0.25, 0.3) is 0 Å². The van der Waals surface area contributed by atoms with Gasteiger partial charge in [-0.05, 0) is 46.3 Å². The Labute approximate surface area is 129 Å². The SMILES string of the molecule is CCC(C)C(Cl)c1ccc2c(c1)C(C)(C)CCC2(C)C. The fraction of sp³-hybridized carbons (Fsp3) is 0.684. The van der Waals surface area contributed by atoms with Crippen LogP contribution in [0.15, 0.2) is 18.2 Å². The highest BCUT2D eigenvalue weighted by Crippen LogP contribution is 2.47. The highest BCUT2D eigenvalue weighted by molar-refractivity contribution is 6.21. The Hall–Kier alpha value is -0.490. The Morgan fingerprint density at radius 1 is 1.05 bits per heavy atom. The first-order valence-corrected chi connectivity index (χ1v) is 8.41. The minimum absolute atomic E-state index is 0.131. The Bertz CT molecular complexity index is 485. The standard InChI is InChI=1S/C19H29Cl/c1-7-13(2)17(20)14-8-9-15-16(12-14)19(5,6)11-10-18(15,3)4/h8-9,12-13,17H,7,10-11H2,1-6H3. The molecule has 1 aliphatic carbocycles. The van der Waals surface area contributed by atoms with Gasteiger partial charge in [-0.2, -0.15) is 0 Å². The van der Waals surface area contributed by atoms with E-state index in [1.807, 2.05) is 0 Å². The van der Waals surface area contributed by atoms with Gasteiger partial charge in [-0.25, -0.2) is 0 Å². The summed E-state index contributed by atoms with van der Waals surface area (Å²) in [7, 11) is 0. The maximum atomic E-state index is 6.66. The van der Waals surface area contributed by atoms with Crippen molar-refractivity contribution in [3.05, 3.63) is 34.9 Å². The zero-order chi connectivity index (χ0) is 15.1. The molecule has 0 aliphatic heterocycles. The Balaban J connectivity index is 2.48. The van der Waals surface area contributed by atoms with Crippen molar-refractivity contribution in [2.24, 2.45) is 5.92 Å². The van der Waals surface area contributed by atoms with E-state index in [-0.39, 0.29) is 10.8 Å². The molecule has 0 radical (unpaired) electrons. The Morgan fingerprint density at radius 3 is 2.15 bits per heavy atom. The molecule has 0 saturated heterocycles. The quantitative estimate of drug-likeness (QED) is 0.568. The molecule has 0 fully saturated rings. The number of halogens is 1. The minimum Gasteiger partial charge on any atom is -0.118 e. The topological polar surface area (TPSA) is 0 Å². The summed E-state index contributed by atoms with van der Waals surface area (Å²) in [4.78, 5) is 0. The Morgan fingerprint density at radius 2 is 1.60 bits per heavy atom. The third kappa shape index (κ3) is 2.77. The highest BCUT2D eigenvalue weighted by atomic mass is 35.5. The second-order valence-corrected chi connectivity index (χ2v) is 8.33. The molecule has 2 rings (SSSR count). The van der Waals surface area contributed by atoms with Crippen molar-refractivity contribution in [3.8, 4) is 0 Å². The average molecular weight is 293 g/mol. The van der Waals surface area contributed by atoms with Crippen molar-refractivity contribution >= 4 is 11.6 Å². The van der Waals surface area contributed by atoms with Crippen molar-refractivity contribution in [1.29, 1.82) is 0 Å². The van der Waals surface area contributed by atoms with Gasteiger partial charge >= 0.3 is 0 Å². The summed E-state index contributed by atoms with van der Waals surface area (Å²) >= 11 is 6.66. The van der Waals surface area contributed by atoms with Crippen molar-refractivity contribution in [1.82, 2.24) is 0 Å². The smallest absolute Gasteiger partial charge is 0.0610 e. The molecular formula is C19H29Cl. The monoisotopic (exact) mass is 292 g/mol. The first-order valence-electron chi connectivity index (χ1n) is 7.98. The van der Waals surface area contributed by atoms with Gasteiger partial charge < -0.3 is 0 Å². The van der Waals surface area contributed by atoms with Crippen LogP contribution in [-0.2, 0) is 10.8 Å². The van der Waals surface area contributed by atoms with Crippen LogP contribution < -0.4 is 0 Å². The van der Waals surface area contributed by atoms with Gasteiger partial charge in [-0.1, -0.05) is 66.2 Å². The molecule has 20 heavy (non-hydrogen) atoms. The molecule has 0 bridgehead atoms. The number of hydrogen-bond donors (Lipinski definition) is 0. The third-order valence-electron chi connectivity index (χ3n) is 5.34. The summed E-state index contributed by atoms with van der Waals surface area (Å²) in [6.45, 7) is 13.9. The van der Waals surface area contributed by atoms with E-state index < -0.39 is 0 Å². The van der Waals surface area contributed by atoms with Gasteiger partial charge in [-0.3, -0.25) is 0 Å². The average Bonchev–Trinajstić information content (AvgIpc) is 2.42. The lowest BCUT2D eigenvalue weighted by molar-refractivity contribution is 0.331. The van der Waals surface area contributed by atoms with E-state index in [0.717, 1.165) is 6.42 Å². The zero-order valence-corrected chi connectivity index (χ0v) is 14.6. The van der Waals surface area contributed by atoms with E-state index >= 15 is 0 Å². The van der Waals surface area contributed by atoms with E-state index in [2.05, 4.69) is 59.7 Å². The second kappa shape index (κ2) is 5.37. The molecule has 112 valence electrons. The van der Waals surface area contributed by atoms with Crippen molar-refractivity contribution in [2.45, 2.75) is 77.0 Å². The minimum atomic E-state index is 0.131. The summed E-state index contributed by atoms with van der Waals surface area (Å²) in [5.74, 6) is 0.523. The molecule has 0 nitrogen and oxygen atoms in total. The van der Waals surface area contributed by atoms with Crippen LogP contribution >= 0.6 is 11.6 Å². The molecule has 0 amide bonds. The lowest BCUT2D eigenvalue weighted by Crippen LogP contribution is -2.34. The fourth-order valence-corrected chi connectivity index (χ4v) is 3.63. The fourth-order valence-electron chi connectivity index (χ4n) is 3.31. The third-order valence-corrected chi connectivity index (χ3v) is 6.02. The molecule has 0 saturated carbocycles. The lowest BCUT2D eigenvalue weighted by atomic mass is 9.63. The number of alkyl halides is 1. The van der Waals surface area contributed by atoms with E-state index in [9.17, 15) is 0 Å². The maximum Gasteiger partial charge on any atom is 0.0610 e. The lowest BCUT2D eigenvalue weighted by Gasteiger charge is -2.42. The molecule has 0 spiro atoms. The molecule has 0 heterocycles. The molecule has 1 aromatic carbocycles. The van der Waals surface area contributed by atoms with Crippen LogP contribution in [0.1, 0.15) is 82.9 Å². The van der Waals surface area contributed by atoms with Crippen LogP contribution in [0, 0.1) is 5.92 Å². The number of benzene rings is 1. The predicted molar refractivity (Wildman–Crippen MR) is 89.8 cm³/mol. The largest absolute Gasteiger partial charge is 0.118 e. The molecule has 1 aromatic rings. The van der Waals surface area contributed by atoms with E-state index in [0.29, 0.717) is 11.3 Å². The summed E-state index contributed by atoms with van der Waals surface area (Å²) in [6.07, 6.45) is 3.65. The number of rotatable bonds is 3. The van der Waals surface area contributed by atoms with Crippen LogP contribution in [0.3, 0.4) is 0 Å². The molecule has 1 heteroatoms. The molecule has 2 unspecified atom stereocenters. The molecule has 0 aromatic heterocycles. The summed E-state index contributed by atoms with van der Waals surface area (Å²) in [5.41, 5.74) is 4.89. The first kappa shape index (κ1) is 15.9. The van der Waals surface area contributed by atoms with Gasteiger partial charge in [0.05, 0.1) is 5.38 Å². The van der Waals surface area contributed by atoms with Gasteiger partial charge in [0, 0.05) is 0 Å². The molecular weight excluding hydrogens is 264 g/mol. The van der Waals surface area contributed by atoms with E-state index in [1.54, 1.807) is 0 Å². The normalized spacial score (nSPS) is 22.9. The maximum absolute atomic E-state index is 6.66. The van der Waals surface area contributed by atoms with Gasteiger partial charge in [0.2, 0.25) is 0 Å². The van der Waals surface area contributed by atoms with Gasteiger partial charge in [-0.15, -0.1) is 11.6 Å². The number of hydrogen-bond acceptors (Lipinski definition) is 0.